The molecule has 0 bridgehead atoms. The van der Waals surface area contributed by atoms with E-state index < -0.39 is 29.7 Å². The molecule has 0 aliphatic carbocycles. The zero-order valence-electron chi connectivity index (χ0n) is 28.9. The van der Waals surface area contributed by atoms with E-state index in [9.17, 15) is 28.8 Å². The number of esters is 2. The normalized spacial score (nSPS) is 13.2. The Kier molecular flexibility index (Phi) is 8.27. The van der Waals surface area contributed by atoms with Crippen LogP contribution in [-0.4, -0.2) is 47.5 Å². The first kappa shape index (κ1) is 33.7. The number of aryl methyl sites for hydroxylation is 1. The molecular formula is C44H28N2O8. The smallest absolute Gasteiger partial charge is 0.343 e. The summed E-state index contributed by atoms with van der Waals surface area (Å²) in [5.74, 6) is -2.17. The molecule has 0 atom stereocenters. The maximum atomic E-state index is 13.5. The van der Waals surface area contributed by atoms with Crippen molar-refractivity contribution in [2.75, 3.05) is 11.9 Å². The number of nitrogens with zero attached hydrogens (tertiary/aromatic N) is 2. The maximum Gasteiger partial charge on any atom is 0.343 e. The highest BCUT2D eigenvalue weighted by Gasteiger charge is 2.37. The monoisotopic (exact) mass is 712 g/mol. The molecule has 4 amide bonds. The molecule has 0 N–H and O–H groups in total. The van der Waals surface area contributed by atoms with Gasteiger partial charge in [-0.25, -0.2) is 14.5 Å². The highest BCUT2D eigenvalue weighted by molar-refractivity contribution is 6.34. The van der Waals surface area contributed by atoms with Crippen molar-refractivity contribution in [2.24, 2.45) is 0 Å². The first-order valence-electron chi connectivity index (χ1n) is 16.9. The molecule has 0 spiro atoms. The lowest BCUT2D eigenvalue weighted by Gasteiger charge is -2.14. The van der Waals surface area contributed by atoms with Crippen molar-refractivity contribution in [3.05, 3.63) is 172 Å². The van der Waals surface area contributed by atoms with E-state index >= 15 is 0 Å². The van der Waals surface area contributed by atoms with Crippen molar-refractivity contribution in [1.29, 1.82) is 0 Å². The van der Waals surface area contributed by atoms with E-state index in [1.165, 1.54) is 31.3 Å². The Balaban J connectivity index is 0.911. The molecule has 0 fully saturated rings. The summed E-state index contributed by atoms with van der Waals surface area (Å²) in [4.78, 5) is 79.3. The lowest BCUT2D eigenvalue weighted by molar-refractivity contribution is 0.0687. The van der Waals surface area contributed by atoms with Crippen LogP contribution < -0.4 is 14.4 Å². The highest BCUT2D eigenvalue weighted by Crippen LogP contribution is 2.34. The first-order chi connectivity index (χ1) is 26.0. The van der Waals surface area contributed by atoms with Gasteiger partial charge in [-0.1, -0.05) is 54.1 Å². The van der Waals surface area contributed by atoms with Gasteiger partial charge in [-0.05, 0) is 114 Å². The maximum absolute atomic E-state index is 13.5. The second kappa shape index (κ2) is 13.3. The van der Waals surface area contributed by atoms with Gasteiger partial charge in [0.25, 0.3) is 23.6 Å². The number of fused-ring (bicyclic) bond motifs is 2. The zero-order chi connectivity index (χ0) is 37.7. The number of benzene rings is 6. The number of carbonyl (C=O) groups excluding carboxylic acids is 6. The topological polar surface area (TPSA) is 127 Å². The molecule has 0 saturated carbocycles. The summed E-state index contributed by atoms with van der Waals surface area (Å²) in [5.41, 5.74) is 6.01. The van der Waals surface area contributed by atoms with Gasteiger partial charge in [0.15, 0.2) is 0 Å². The number of carbonyl (C=O) groups is 6. The van der Waals surface area contributed by atoms with E-state index in [4.69, 9.17) is 9.47 Å². The number of hydrogen-bond donors (Lipinski definition) is 0. The molecule has 10 heteroatoms. The third kappa shape index (κ3) is 6.01. The number of anilines is 1. The van der Waals surface area contributed by atoms with Crippen LogP contribution in [-0.2, 0) is 0 Å². The number of amides is 4. The van der Waals surface area contributed by atoms with Gasteiger partial charge in [0, 0.05) is 7.05 Å². The molecule has 2 heterocycles. The van der Waals surface area contributed by atoms with E-state index in [1.54, 1.807) is 97.1 Å². The predicted molar refractivity (Wildman–Crippen MR) is 199 cm³/mol. The van der Waals surface area contributed by atoms with Gasteiger partial charge in [0.1, 0.15) is 11.5 Å². The summed E-state index contributed by atoms with van der Waals surface area (Å²) in [6, 6.07) is 36.8. The standard InChI is InChI=1S/C44H28N2O8/c1-25-3-17-33(18-4-25)53-43(51)28-9-5-26(6-10-28)27-7-11-29(12-8-27)44(52)54-34-19-15-32(16-20-34)46-41(49)36-22-14-31(24-38(36)42(46)50)30-13-21-35-37(23-30)40(48)45(2)39(35)47/h3-24H,1-2H3. The molecule has 8 rings (SSSR count). The van der Waals surface area contributed by atoms with E-state index in [2.05, 4.69) is 0 Å². The highest BCUT2D eigenvalue weighted by atomic mass is 16.5. The van der Waals surface area contributed by atoms with Gasteiger partial charge >= 0.3 is 11.9 Å². The number of ether oxygens (including phenoxy) is 2. The fourth-order valence-corrected chi connectivity index (χ4v) is 6.39. The summed E-state index contributed by atoms with van der Waals surface area (Å²) in [7, 11) is 1.42. The largest absolute Gasteiger partial charge is 0.423 e. The molecule has 6 aromatic carbocycles. The first-order valence-corrected chi connectivity index (χ1v) is 16.9. The van der Waals surface area contributed by atoms with Crippen LogP contribution in [0.4, 0.5) is 5.69 Å². The van der Waals surface area contributed by atoms with E-state index in [1.807, 2.05) is 19.1 Å². The number of imide groups is 2. The lowest BCUT2D eigenvalue weighted by Crippen LogP contribution is -2.29. The van der Waals surface area contributed by atoms with Crippen LogP contribution >= 0.6 is 0 Å². The fraction of sp³-hybridized carbons (Fsp3) is 0.0455. The van der Waals surface area contributed by atoms with Crippen molar-refractivity contribution in [3.8, 4) is 33.8 Å². The van der Waals surface area contributed by atoms with Crippen molar-refractivity contribution in [2.45, 2.75) is 6.92 Å². The summed E-state index contributed by atoms with van der Waals surface area (Å²) >= 11 is 0. The predicted octanol–water partition coefficient (Wildman–Crippen LogP) is 7.79. The Morgan fingerprint density at radius 2 is 0.833 bits per heavy atom. The van der Waals surface area contributed by atoms with Crippen LogP contribution in [0, 0.1) is 6.92 Å². The van der Waals surface area contributed by atoms with Gasteiger partial charge in [-0.15, -0.1) is 0 Å². The van der Waals surface area contributed by atoms with Crippen LogP contribution in [0.2, 0.25) is 0 Å². The average molecular weight is 713 g/mol. The molecule has 262 valence electrons. The zero-order valence-corrected chi connectivity index (χ0v) is 28.9. The SMILES string of the molecule is Cc1ccc(OC(=O)c2ccc(-c3ccc(C(=O)Oc4ccc(N5C(=O)c6ccc(-c7ccc8c(c7)C(=O)N(C)C8=O)cc6C5=O)cc4)cc3)cc2)cc1. The Morgan fingerprint density at radius 3 is 1.33 bits per heavy atom. The Morgan fingerprint density at radius 1 is 0.444 bits per heavy atom. The molecule has 54 heavy (non-hydrogen) atoms. The van der Waals surface area contributed by atoms with E-state index in [0.717, 1.165) is 26.5 Å². The third-order valence-electron chi connectivity index (χ3n) is 9.42. The van der Waals surface area contributed by atoms with Crippen molar-refractivity contribution in [1.82, 2.24) is 4.90 Å². The minimum atomic E-state index is -0.596. The lowest BCUT2D eigenvalue weighted by atomic mass is 9.97. The Labute approximate surface area is 308 Å². The second-order valence-electron chi connectivity index (χ2n) is 12.9. The summed E-state index contributed by atoms with van der Waals surface area (Å²) in [6.07, 6.45) is 0. The van der Waals surface area contributed by atoms with Crippen LogP contribution in [0.15, 0.2) is 133 Å². The van der Waals surface area contributed by atoms with E-state index in [-0.39, 0.29) is 28.3 Å². The summed E-state index contributed by atoms with van der Waals surface area (Å²) in [5, 5.41) is 0. The quantitative estimate of drug-likeness (QED) is 0.0933. The van der Waals surface area contributed by atoms with Gasteiger partial charge in [-0.2, -0.15) is 0 Å². The fourth-order valence-electron chi connectivity index (χ4n) is 6.39. The van der Waals surface area contributed by atoms with Crippen molar-refractivity contribution in [3.63, 3.8) is 0 Å². The number of hydrogen-bond acceptors (Lipinski definition) is 8. The Bertz CT molecular complexity index is 2560. The molecule has 0 aromatic heterocycles. The summed E-state index contributed by atoms with van der Waals surface area (Å²) < 4.78 is 11.0. The van der Waals surface area contributed by atoms with Crippen LogP contribution in [0.1, 0.15) is 67.7 Å². The molecule has 0 saturated heterocycles. The number of rotatable bonds is 7. The van der Waals surface area contributed by atoms with Gasteiger partial charge < -0.3 is 9.47 Å². The van der Waals surface area contributed by atoms with Crippen molar-refractivity contribution < 1.29 is 38.2 Å². The van der Waals surface area contributed by atoms with Gasteiger partial charge in [0.2, 0.25) is 0 Å². The molecule has 0 radical (unpaired) electrons. The van der Waals surface area contributed by atoms with Crippen molar-refractivity contribution >= 4 is 41.3 Å². The molecule has 6 aromatic rings. The van der Waals surface area contributed by atoms with Crippen LogP contribution in [0.5, 0.6) is 11.5 Å². The molecule has 2 aliphatic heterocycles. The van der Waals surface area contributed by atoms with E-state index in [0.29, 0.717) is 39.3 Å². The minimum absolute atomic E-state index is 0.202. The average Bonchev–Trinajstić information content (AvgIpc) is 3.58. The summed E-state index contributed by atoms with van der Waals surface area (Å²) in [6.45, 7) is 1.95. The molecule has 0 unspecified atom stereocenters. The third-order valence-corrected chi connectivity index (χ3v) is 9.42. The molecular weight excluding hydrogens is 684 g/mol. The molecule has 10 nitrogen and oxygen atoms in total. The Hall–Kier alpha value is -7.46. The van der Waals surface area contributed by atoms with Crippen LogP contribution in [0.3, 0.4) is 0 Å². The molecule has 2 aliphatic rings. The van der Waals surface area contributed by atoms with Gasteiger partial charge in [-0.3, -0.25) is 24.1 Å². The minimum Gasteiger partial charge on any atom is -0.423 e. The van der Waals surface area contributed by atoms with Gasteiger partial charge in [0.05, 0.1) is 39.1 Å². The second-order valence-corrected chi connectivity index (χ2v) is 12.9. The van der Waals surface area contributed by atoms with Crippen LogP contribution in [0.25, 0.3) is 22.3 Å².